The third kappa shape index (κ3) is 3.27. The number of ether oxygens (including phenoxy) is 1. The van der Waals surface area contributed by atoms with Gasteiger partial charge in [0.05, 0.1) is 11.4 Å². The number of hydrogen-bond acceptors (Lipinski definition) is 5. The topological polar surface area (TPSA) is 119 Å². The molecule has 0 aliphatic carbocycles. The summed E-state index contributed by atoms with van der Waals surface area (Å²) in [6.07, 6.45) is 0.356. The standard InChI is InChI=1S/C12H16N4O3/c13-8-5-7-1-2-11(17)16-9(7)6-10(8)15-3-4-19-12(14)18/h5-6,15H,1-4,13H2,(H2,14,18)(H,16,17). The maximum absolute atomic E-state index is 11.3. The van der Waals surface area contributed by atoms with Gasteiger partial charge in [0.15, 0.2) is 0 Å². The van der Waals surface area contributed by atoms with Crippen molar-refractivity contribution in [2.45, 2.75) is 12.8 Å². The Morgan fingerprint density at radius 2 is 2.21 bits per heavy atom. The molecule has 0 aromatic heterocycles. The first kappa shape index (κ1) is 13.0. The highest BCUT2D eigenvalue weighted by Gasteiger charge is 2.16. The largest absolute Gasteiger partial charge is 0.448 e. The van der Waals surface area contributed by atoms with E-state index in [1.165, 1.54) is 0 Å². The predicted octanol–water partition coefficient (Wildman–Crippen LogP) is 0.661. The summed E-state index contributed by atoms with van der Waals surface area (Å²) in [5, 5.41) is 5.82. The number of primary amides is 1. The number of nitrogen functional groups attached to an aromatic ring is 1. The minimum Gasteiger partial charge on any atom is -0.448 e. The minimum absolute atomic E-state index is 0.000262. The van der Waals surface area contributed by atoms with Gasteiger partial charge in [0, 0.05) is 18.7 Å². The summed E-state index contributed by atoms with van der Waals surface area (Å²) < 4.78 is 4.60. The number of hydrogen-bond donors (Lipinski definition) is 4. The summed E-state index contributed by atoms with van der Waals surface area (Å²) in [4.78, 5) is 21.7. The van der Waals surface area contributed by atoms with Crippen LogP contribution in [0.1, 0.15) is 12.0 Å². The Morgan fingerprint density at radius 3 is 2.95 bits per heavy atom. The van der Waals surface area contributed by atoms with E-state index in [1.54, 1.807) is 6.07 Å². The van der Waals surface area contributed by atoms with Crippen molar-refractivity contribution in [3.63, 3.8) is 0 Å². The van der Waals surface area contributed by atoms with Crippen LogP contribution >= 0.6 is 0 Å². The van der Waals surface area contributed by atoms with Crippen molar-refractivity contribution in [3.05, 3.63) is 17.7 Å². The van der Waals surface area contributed by atoms with Gasteiger partial charge in [0.2, 0.25) is 5.91 Å². The fourth-order valence-electron chi connectivity index (χ4n) is 1.94. The number of nitrogens with two attached hydrogens (primary N) is 2. The summed E-state index contributed by atoms with van der Waals surface area (Å²) in [5.74, 6) is 0.000262. The monoisotopic (exact) mass is 264 g/mol. The lowest BCUT2D eigenvalue weighted by molar-refractivity contribution is -0.116. The van der Waals surface area contributed by atoms with E-state index in [0.29, 0.717) is 30.8 Å². The maximum atomic E-state index is 11.3. The summed E-state index contributed by atoms with van der Waals surface area (Å²) in [6, 6.07) is 3.62. The van der Waals surface area contributed by atoms with E-state index >= 15 is 0 Å². The van der Waals surface area contributed by atoms with E-state index in [2.05, 4.69) is 15.4 Å². The van der Waals surface area contributed by atoms with Gasteiger partial charge < -0.3 is 26.8 Å². The number of aryl methyl sites for hydroxylation is 1. The molecule has 0 radical (unpaired) electrons. The van der Waals surface area contributed by atoms with Crippen molar-refractivity contribution >= 4 is 29.1 Å². The van der Waals surface area contributed by atoms with Crippen LogP contribution in [0.5, 0.6) is 0 Å². The molecule has 0 atom stereocenters. The molecule has 0 saturated carbocycles. The summed E-state index contributed by atoms with van der Waals surface area (Å²) in [5.41, 5.74) is 13.8. The lowest BCUT2D eigenvalue weighted by Gasteiger charge is -2.19. The van der Waals surface area contributed by atoms with E-state index in [0.717, 1.165) is 11.3 Å². The van der Waals surface area contributed by atoms with E-state index in [4.69, 9.17) is 11.5 Å². The van der Waals surface area contributed by atoms with E-state index in [9.17, 15) is 9.59 Å². The Hall–Kier alpha value is -2.44. The molecular weight excluding hydrogens is 248 g/mol. The molecule has 6 N–H and O–H groups in total. The quantitative estimate of drug-likeness (QED) is 0.470. The van der Waals surface area contributed by atoms with E-state index < -0.39 is 6.09 Å². The molecule has 2 rings (SSSR count). The van der Waals surface area contributed by atoms with Gasteiger partial charge in [-0.05, 0) is 24.1 Å². The molecule has 0 bridgehead atoms. The summed E-state index contributed by atoms with van der Waals surface area (Å²) in [7, 11) is 0. The predicted molar refractivity (Wildman–Crippen MR) is 71.8 cm³/mol. The normalized spacial score (nSPS) is 13.4. The van der Waals surface area contributed by atoms with Gasteiger partial charge >= 0.3 is 6.09 Å². The molecule has 7 nitrogen and oxygen atoms in total. The van der Waals surface area contributed by atoms with Crippen molar-refractivity contribution in [2.24, 2.45) is 5.73 Å². The van der Waals surface area contributed by atoms with Gasteiger partial charge in [-0.15, -0.1) is 0 Å². The van der Waals surface area contributed by atoms with E-state index in [-0.39, 0.29) is 12.5 Å². The molecule has 1 aliphatic heterocycles. The number of benzene rings is 1. The SMILES string of the molecule is NC(=O)OCCNc1cc2c(cc1N)CCC(=O)N2. The second kappa shape index (κ2) is 5.47. The van der Waals surface area contributed by atoms with Crippen molar-refractivity contribution < 1.29 is 14.3 Å². The van der Waals surface area contributed by atoms with Gasteiger partial charge in [-0.1, -0.05) is 0 Å². The van der Waals surface area contributed by atoms with Crippen molar-refractivity contribution in [3.8, 4) is 0 Å². The number of carbonyl (C=O) groups excluding carboxylic acids is 2. The summed E-state index contributed by atoms with van der Waals surface area (Å²) >= 11 is 0. The first-order chi connectivity index (χ1) is 9.06. The Bertz CT molecular complexity index is 516. The molecule has 0 spiro atoms. The molecule has 1 aliphatic rings. The third-order valence-corrected chi connectivity index (χ3v) is 2.83. The molecule has 0 saturated heterocycles. The maximum Gasteiger partial charge on any atom is 0.404 e. The molecule has 1 aromatic carbocycles. The highest BCUT2D eigenvalue weighted by Crippen LogP contribution is 2.30. The Balaban J connectivity index is 2.02. The van der Waals surface area contributed by atoms with Crippen LogP contribution in [-0.4, -0.2) is 25.2 Å². The first-order valence-corrected chi connectivity index (χ1v) is 5.94. The fraction of sp³-hybridized carbons (Fsp3) is 0.333. The van der Waals surface area contributed by atoms with Crippen LogP contribution in [0, 0.1) is 0 Å². The van der Waals surface area contributed by atoms with Crippen molar-refractivity contribution in [1.82, 2.24) is 0 Å². The second-order valence-electron chi connectivity index (χ2n) is 4.24. The van der Waals surface area contributed by atoms with Gasteiger partial charge in [-0.25, -0.2) is 4.79 Å². The number of nitrogens with one attached hydrogen (secondary N) is 2. The van der Waals surface area contributed by atoms with Crippen molar-refractivity contribution in [2.75, 3.05) is 29.5 Å². The molecule has 0 fully saturated rings. The fourth-order valence-corrected chi connectivity index (χ4v) is 1.94. The van der Waals surface area contributed by atoms with E-state index in [1.807, 2.05) is 6.07 Å². The molecule has 1 heterocycles. The number of rotatable bonds is 4. The minimum atomic E-state index is -0.813. The number of fused-ring (bicyclic) bond motifs is 1. The van der Waals surface area contributed by atoms with Crippen LogP contribution in [0.2, 0.25) is 0 Å². The molecule has 102 valence electrons. The van der Waals surface area contributed by atoms with Gasteiger partial charge in [-0.3, -0.25) is 4.79 Å². The molecule has 2 amide bonds. The van der Waals surface area contributed by atoms with Crippen LogP contribution in [-0.2, 0) is 16.0 Å². The van der Waals surface area contributed by atoms with Crippen LogP contribution in [0.25, 0.3) is 0 Å². The van der Waals surface area contributed by atoms with Crippen LogP contribution in [0.15, 0.2) is 12.1 Å². The molecule has 7 heteroatoms. The number of amides is 2. The Labute approximate surface area is 110 Å². The zero-order valence-corrected chi connectivity index (χ0v) is 10.4. The zero-order valence-electron chi connectivity index (χ0n) is 10.4. The number of anilines is 3. The Kier molecular flexibility index (Phi) is 3.74. The van der Waals surface area contributed by atoms with Crippen LogP contribution in [0.3, 0.4) is 0 Å². The van der Waals surface area contributed by atoms with Gasteiger partial charge in [0.1, 0.15) is 6.61 Å². The van der Waals surface area contributed by atoms with Gasteiger partial charge in [0.25, 0.3) is 0 Å². The van der Waals surface area contributed by atoms with Crippen LogP contribution < -0.4 is 22.1 Å². The Morgan fingerprint density at radius 1 is 1.42 bits per heavy atom. The molecular formula is C12H16N4O3. The highest BCUT2D eigenvalue weighted by atomic mass is 16.5. The average Bonchev–Trinajstić information content (AvgIpc) is 2.35. The average molecular weight is 264 g/mol. The molecule has 1 aromatic rings. The lowest BCUT2D eigenvalue weighted by atomic mass is 10.0. The summed E-state index contributed by atoms with van der Waals surface area (Å²) in [6.45, 7) is 0.540. The van der Waals surface area contributed by atoms with Crippen molar-refractivity contribution in [1.29, 1.82) is 0 Å². The number of carbonyl (C=O) groups is 2. The van der Waals surface area contributed by atoms with Gasteiger partial charge in [-0.2, -0.15) is 0 Å². The smallest absolute Gasteiger partial charge is 0.404 e. The third-order valence-electron chi connectivity index (χ3n) is 2.83. The first-order valence-electron chi connectivity index (χ1n) is 5.94. The zero-order chi connectivity index (χ0) is 13.8. The lowest BCUT2D eigenvalue weighted by Crippen LogP contribution is -2.21. The molecule has 0 unspecified atom stereocenters. The second-order valence-corrected chi connectivity index (χ2v) is 4.24. The molecule has 19 heavy (non-hydrogen) atoms. The van der Waals surface area contributed by atoms with Crippen LogP contribution in [0.4, 0.5) is 21.9 Å². The highest BCUT2D eigenvalue weighted by molar-refractivity contribution is 5.95.